The summed E-state index contributed by atoms with van der Waals surface area (Å²) in [6.07, 6.45) is 0.253. The molecule has 0 saturated carbocycles. The Hall–Kier alpha value is -1.35. The summed E-state index contributed by atoms with van der Waals surface area (Å²) in [5.41, 5.74) is 2.27. The van der Waals surface area contributed by atoms with E-state index in [4.69, 9.17) is 9.84 Å². The molecule has 0 fully saturated rings. The van der Waals surface area contributed by atoms with Crippen LogP contribution < -0.4 is 4.74 Å². The molecule has 82 valence electrons. The molecule has 3 nitrogen and oxygen atoms in total. The Morgan fingerprint density at radius 3 is 2.40 bits per heavy atom. The molecule has 0 saturated heterocycles. The summed E-state index contributed by atoms with van der Waals surface area (Å²) >= 11 is 0. The van der Waals surface area contributed by atoms with Gasteiger partial charge in [-0.1, -0.05) is 6.07 Å². The molecule has 0 aliphatic heterocycles. The molecule has 0 bridgehead atoms. The van der Waals surface area contributed by atoms with Crippen LogP contribution in [0.2, 0.25) is 0 Å². The number of rotatable bonds is 5. The van der Waals surface area contributed by atoms with Gasteiger partial charge in [-0.2, -0.15) is 0 Å². The SMILES string of the molecule is Cc1cc(C)cc(OCCC(=O)CO)c1. The van der Waals surface area contributed by atoms with Crippen molar-refractivity contribution in [3.05, 3.63) is 29.3 Å². The molecule has 1 aromatic rings. The molecule has 1 N–H and O–H groups in total. The maximum absolute atomic E-state index is 10.8. The molecule has 1 aromatic carbocycles. The highest BCUT2D eigenvalue weighted by atomic mass is 16.5. The average molecular weight is 208 g/mol. The van der Waals surface area contributed by atoms with Gasteiger partial charge in [0, 0.05) is 6.42 Å². The van der Waals surface area contributed by atoms with E-state index in [0.29, 0.717) is 6.61 Å². The Morgan fingerprint density at radius 2 is 1.87 bits per heavy atom. The normalized spacial score (nSPS) is 10.1. The van der Waals surface area contributed by atoms with Crippen molar-refractivity contribution in [3.8, 4) is 5.75 Å². The second-order valence-corrected chi connectivity index (χ2v) is 3.62. The summed E-state index contributed by atoms with van der Waals surface area (Å²) in [5, 5.41) is 8.52. The maximum atomic E-state index is 10.8. The summed E-state index contributed by atoms with van der Waals surface area (Å²) in [6, 6.07) is 5.92. The number of ether oxygens (including phenoxy) is 1. The predicted molar refractivity (Wildman–Crippen MR) is 58.1 cm³/mol. The van der Waals surface area contributed by atoms with Gasteiger partial charge in [-0.05, 0) is 37.1 Å². The van der Waals surface area contributed by atoms with E-state index in [-0.39, 0.29) is 12.2 Å². The lowest BCUT2D eigenvalue weighted by atomic mass is 10.1. The number of carbonyl (C=O) groups excluding carboxylic acids is 1. The molecule has 15 heavy (non-hydrogen) atoms. The molecule has 0 radical (unpaired) electrons. The van der Waals surface area contributed by atoms with Gasteiger partial charge in [-0.15, -0.1) is 0 Å². The number of ketones is 1. The highest BCUT2D eigenvalue weighted by molar-refractivity contribution is 5.79. The van der Waals surface area contributed by atoms with E-state index in [1.54, 1.807) is 0 Å². The van der Waals surface area contributed by atoms with E-state index in [1.165, 1.54) is 0 Å². The van der Waals surface area contributed by atoms with Crippen LogP contribution in [-0.4, -0.2) is 24.1 Å². The lowest BCUT2D eigenvalue weighted by Gasteiger charge is -2.07. The number of aliphatic hydroxyl groups excluding tert-OH is 1. The molecule has 3 heteroatoms. The van der Waals surface area contributed by atoms with Gasteiger partial charge in [0.2, 0.25) is 0 Å². The first-order valence-electron chi connectivity index (χ1n) is 4.95. The highest BCUT2D eigenvalue weighted by Gasteiger charge is 2.01. The van der Waals surface area contributed by atoms with E-state index in [2.05, 4.69) is 6.07 Å². The van der Waals surface area contributed by atoms with Crippen LogP contribution in [0.5, 0.6) is 5.75 Å². The van der Waals surface area contributed by atoms with Crippen molar-refractivity contribution in [2.45, 2.75) is 20.3 Å². The van der Waals surface area contributed by atoms with E-state index >= 15 is 0 Å². The molecule has 0 atom stereocenters. The second kappa shape index (κ2) is 5.51. The Bertz CT molecular complexity index is 324. The molecule has 1 rings (SSSR count). The van der Waals surface area contributed by atoms with Crippen LogP contribution in [0.25, 0.3) is 0 Å². The van der Waals surface area contributed by atoms with Gasteiger partial charge in [0.15, 0.2) is 5.78 Å². The van der Waals surface area contributed by atoms with Gasteiger partial charge in [0.1, 0.15) is 12.4 Å². The van der Waals surface area contributed by atoms with Gasteiger partial charge >= 0.3 is 0 Å². The summed E-state index contributed by atoms with van der Waals surface area (Å²) in [7, 11) is 0. The fourth-order valence-corrected chi connectivity index (χ4v) is 1.38. The Balaban J connectivity index is 2.47. The predicted octanol–water partition coefficient (Wildman–Crippen LogP) is 1.63. The van der Waals surface area contributed by atoms with Crippen molar-refractivity contribution in [1.82, 2.24) is 0 Å². The van der Waals surface area contributed by atoms with Crippen molar-refractivity contribution in [2.75, 3.05) is 13.2 Å². The number of carbonyl (C=O) groups is 1. The Kier molecular flexibility index (Phi) is 4.31. The molecule has 0 aliphatic carbocycles. The Labute approximate surface area is 89.7 Å². The monoisotopic (exact) mass is 208 g/mol. The Morgan fingerprint density at radius 1 is 1.27 bits per heavy atom. The molecular formula is C12H16O3. The zero-order chi connectivity index (χ0) is 11.3. The van der Waals surface area contributed by atoms with Crippen LogP contribution in [0.1, 0.15) is 17.5 Å². The largest absolute Gasteiger partial charge is 0.493 e. The number of hydrogen-bond donors (Lipinski definition) is 1. The summed E-state index contributed by atoms with van der Waals surface area (Å²) in [6.45, 7) is 3.91. The topological polar surface area (TPSA) is 46.5 Å². The van der Waals surface area contributed by atoms with E-state index in [9.17, 15) is 4.79 Å². The van der Waals surface area contributed by atoms with Crippen LogP contribution in [0.15, 0.2) is 18.2 Å². The van der Waals surface area contributed by atoms with E-state index in [1.807, 2.05) is 26.0 Å². The third-order valence-electron chi connectivity index (χ3n) is 2.02. The van der Waals surface area contributed by atoms with Gasteiger partial charge in [0.25, 0.3) is 0 Å². The number of benzene rings is 1. The van der Waals surface area contributed by atoms with Crippen LogP contribution in [0, 0.1) is 13.8 Å². The van der Waals surface area contributed by atoms with Crippen molar-refractivity contribution in [2.24, 2.45) is 0 Å². The van der Waals surface area contributed by atoms with Crippen LogP contribution in [0.4, 0.5) is 0 Å². The molecular weight excluding hydrogens is 192 g/mol. The van der Waals surface area contributed by atoms with Gasteiger partial charge < -0.3 is 9.84 Å². The van der Waals surface area contributed by atoms with Crippen molar-refractivity contribution >= 4 is 5.78 Å². The third-order valence-corrected chi connectivity index (χ3v) is 2.02. The smallest absolute Gasteiger partial charge is 0.161 e. The summed E-state index contributed by atoms with van der Waals surface area (Å²) in [4.78, 5) is 10.8. The van der Waals surface area contributed by atoms with Gasteiger partial charge in [0.05, 0.1) is 6.61 Å². The van der Waals surface area contributed by atoms with Crippen molar-refractivity contribution in [1.29, 1.82) is 0 Å². The number of aryl methyl sites for hydroxylation is 2. The van der Waals surface area contributed by atoms with Gasteiger partial charge in [-0.3, -0.25) is 4.79 Å². The first-order valence-corrected chi connectivity index (χ1v) is 4.95. The molecule has 0 aliphatic rings. The molecule has 0 unspecified atom stereocenters. The number of Topliss-reactive ketones (excluding diaryl/α,β-unsaturated/α-hetero) is 1. The van der Waals surface area contributed by atoms with Crippen LogP contribution in [0.3, 0.4) is 0 Å². The first-order chi connectivity index (χ1) is 7.11. The van der Waals surface area contributed by atoms with Gasteiger partial charge in [-0.25, -0.2) is 0 Å². The maximum Gasteiger partial charge on any atom is 0.161 e. The summed E-state index contributed by atoms with van der Waals surface area (Å²) in [5.74, 6) is 0.581. The second-order valence-electron chi connectivity index (χ2n) is 3.62. The fourth-order valence-electron chi connectivity index (χ4n) is 1.38. The van der Waals surface area contributed by atoms with Crippen LogP contribution >= 0.6 is 0 Å². The van der Waals surface area contributed by atoms with Crippen LogP contribution in [-0.2, 0) is 4.79 Å². The minimum atomic E-state index is -0.407. The molecule has 0 aromatic heterocycles. The zero-order valence-electron chi connectivity index (χ0n) is 9.12. The highest BCUT2D eigenvalue weighted by Crippen LogP contribution is 2.16. The first kappa shape index (κ1) is 11.7. The zero-order valence-corrected chi connectivity index (χ0v) is 9.12. The lowest BCUT2D eigenvalue weighted by Crippen LogP contribution is -2.09. The molecule has 0 heterocycles. The number of aliphatic hydroxyl groups is 1. The molecule has 0 spiro atoms. The summed E-state index contributed by atoms with van der Waals surface area (Å²) < 4.78 is 5.41. The third kappa shape index (κ3) is 4.13. The van der Waals surface area contributed by atoms with Crippen molar-refractivity contribution in [3.63, 3.8) is 0 Å². The van der Waals surface area contributed by atoms with E-state index in [0.717, 1.165) is 16.9 Å². The average Bonchev–Trinajstić information content (AvgIpc) is 2.16. The van der Waals surface area contributed by atoms with E-state index < -0.39 is 6.61 Å². The molecule has 0 amide bonds. The standard InChI is InChI=1S/C12H16O3/c1-9-5-10(2)7-12(6-9)15-4-3-11(14)8-13/h5-7,13H,3-4,8H2,1-2H3. The minimum absolute atomic E-state index is 0.195. The fraction of sp³-hybridized carbons (Fsp3) is 0.417. The van der Waals surface area contributed by atoms with Crippen molar-refractivity contribution < 1.29 is 14.6 Å². The quantitative estimate of drug-likeness (QED) is 0.800. The number of hydrogen-bond acceptors (Lipinski definition) is 3. The lowest BCUT2D eigenvalue weighted by molar-refractivity contribution is -0.122. The minimum Gasteiger partial charge on any atom is -0.493 e.